The van der Waals surface area contributed by atoms with Gasteiger partial charge in [-0.3, -0.25) is 4.79 Å². The lowest BCUT2D eigenvalue weighted by Crippen LogP contribution is -2.38. The van der Waals surface area contributed by atoms with E-state index in [1.165, 1.54) is 30.7 Å². The zero-order chi connectivity index (χ0) is 10.7. The monoisotopic (exact) mass is 223 g/mol. The Labute approximate surface area is 94.9 Å². The third kappa shape index (κ3) is 2.23. The minimum atomic E-state index is 0.678. The molecule has 0 N–H and O–H groups in total. The maximum Gasteiger partial charge on any atom is 0.160 e. The van der Waals surface area contributed by atoms with Gasteiger partial charge in [0.15, 0.2) is 6.29 Å². The van der Waals surface area contributed by atoms with Gasteiger partial charge in [-0.15, -0.1) is 11.3 Å². The van der Waals surface area contributed by atoms with E-state index in [0.717, 1.165) is 17.7 Å². The molecule has 0 aliphatic carbocycles. The van der Waals surface area contributed by atoms with Crippen molar-refractivity contribution in [2.75, 3.05) is 11.4 Å². The molecule has 0 radical (unpaired) electrons. The number of aldehydes is 1. The third-order valence-electron chi connectivity index (χ3n) is 3.11. The molecule has 2 nitrogen and oxygen atoms in total. The van der Waals surface area contributed by atoms with E-state index < -0.39 is 0 Å². The van der Waals surface area contributed by atoms with Crippen LogP contribution in [0.25, 0.3) is 0 Å². The fraction of sp³-hybridized carbons (Fsp3) is 0.583. The van der Waals surface area contributed by atoms with Gasteiger partial charge in [-0.2, -0.15) is 0 Å². The lowest BCUT2D eigenvalue weighted by Gasteiger charge is -2.36. The highest BCUT2D eigenvalue weighted by molar-refractivity contribution is 7.17. The Kier molecular flexibility index (Phi) is 3.41. The zero-order valence-electron chi connectivity index (χ0n) is 9.11. The maximum absolute atomic E-state index is 10.6. The quantitative estimate of drug-likeness (QED) is 0.733. The summed E-state index contributed by atoms with van der Waals surface area (Å²) in [4.78, 5) is 14.0. The van der Waals surface area contributed by atoms with Gasteiger partial charge in [-0.1, -0.05) is 6.92 Å². The maximum atomic E-state index is 10.6. The third-order valence-corrected chi connectivity index (χ3v) is 4.16. The van der Waals surface area contributed by atoms with Crippen molar-refractivity contribution in [3.63, 3.8) is 0 Å². The first-order valence-corrected chi connectivity index (χ1v) is 6.48. The molecule has 1 unspecified atom stereocenters. The molecule has 0 amide bonds. The van der Waals surface area contributed by atoms with E-state index in [1.807, 2.05) is 6.07 Å². The molecule has 1 fully saturated rings. The van der Waals surface area contributed by atoms with E-state index in [4.69, 9.17) is 0 Å². The molecule has 15 heavy (non-hydrogen) atoms. The van der Waals surface area contributed by atoms with Crippen LogP contribution in [0.2, 0.25) is 0 Å². The Morgan fingerprint density at radius 1 is 1.53 bits per heavy atom. The van der Waals surface area contributed by atoms with E-state index in [9.17, 15) is 4.79 Å². The van der Waals surface area contributed by atoms with Crippen LogP contribution in [0.1, 0.15) is 42.3 Å². The molecule has 3 heteroatoms. The standard InChI is InChI=1S/C12H17NOS/c1-2-10-5-3-4-8-13(10)12-7-6-11(9-14)15-12/h6-7,9-10H,2-5,8H2,1H3. The minimum absolute atomic E-state index is 0.678. The highest BCUT2D eigenvalue weighted by Crippen LogP contribution is 2.31. The predicted molar refractivity (Wildman–Crippen MR) is 65.0 cm³/mol. The summed E-state index contributed by atoms with van der Waals surface area (Å²) < 4.78 is 0. The fourth-order valence-electron chi connectivity index (χ4n) is 2.28. The van der Waals surface area contributed by atoms with Gasteiger partial charge in [0.2, 0.25) is 0 Å². The summed E-state index contributed by atoms with van der Waals surface area (Å²) in [5.74, 6) is 0. The largest absolute Gasteiger partial charge is 0.360 e. The van der Waals surface area contributed by atoms with Crippen LogP contribution >= 0.6 is 11.3 Å². The topological polar surface area (TPSA) is 20.3 Å². The average Bonchev–Trinajstić information content (AvgIpc) is 2.77. The second kappa shape index (κ2) is 4.79. The number of rotatable bonds is 3. The Morgan fingerprint density at radius 2 is 2.40 bits per heavy atom. The van der Waals surface area contributed by atoms with Crippen molar-refractivity contribution in [1.82, 2.24) is 0 Å². The van der Waals surface area contributed by atoms with Crippen LogP contribution in [0.3, 0.4) is 0 Å². The van der Waals surface area contributed by atoms with Gasteiger partial charge in [0.25, 0.3) is 0 Å². The highest BCUT2D eigenvalue weighted by atomic mass is 32.1. The molecule has 1 aromatic heterocycles. The van der Waals surface area contributed by atoms with Crippen molar-refractivity contribution < 1.29 is 4.79 Å². The van der Waals surface area contributed by atoms with Crippen LogP contribution in [0, 0.1) is 0 Å². The van der Waals surface area contributed by atoms with Crippen molar-refractivity contribution in [2.45, 2.75) is 38.6 Å². The fourth-order valence-corrected chi connectivity index (χ4v) is 3.19. The summed E-state index contributed by atoms with van der Waals surface area (Å²) in [6, 6.07) is 4.69. The number of carbonyl (C=O) groups excluding carboxylic acids is 1. The van der Waals surface area contributed by atoms with Crippen LogP contribution < -0.4 is 4.90 Å². The molecule has 1 atom stereocenters. The number of thiophene rings is 1. The van der Waals surface area contributed by atoms with E-state index >= 15 is 0 Å². The highest BCUT2D eigenvalue weighted by Gasteiger charge is 2.21. The molecular weight excluding hydrogens is 206 g/mol. The first-order valence-electron chi connectivity index (χ1n) is 5.66. The Bertz CT molecular complexity index is 334. The Morgan fingerprint density at radius 3 is 3.07 bits per heavy atom. The lowest BCUT2D eigenvalue weighted by atomic mass is 10.0. The van der Waals surface area contributed by atoms with Gasteiger partial charge in [0.05, 0.1) is 9.88 Å². The number of nitrogens with zero attached hydrogens (tertiary/aromatic N) is 1. The molecule has 1 aliphatic rings. The van der Waals surface area contributed by atoms with Gasteiger partial charge < -0.3 is 4.90 Å². The van der Waals surface area contributed by atoms with Crippen molar-refractivity contribution in [3.8, 4) is 0 Å². The molecule has 1 aromatic rings. The molecule has 0 saturated carbocycles. The SMILES string of the molecule is CCC1CCCCN1c1ccc(C=O)s1. The van der Waals surface area contributed by atoms with Crippen LogP contribution in [-0.4, -0.2) is 18.9 Å². The summed E-state index contributed by atoms with van der Waals surface area (Å²) in [6.07, 6.45) is 6.07. The molecule has 2 rings (SSSR count). The predicted octanol–water partition coefficient (Wildman–Crippen LogP) is 3.33. The molecule has 1 saturated heterocycles. The van der Waals surface area contributed by atoms with Gasteiger partial charge in [-0.05, 0) is 37.8 Å². The van der Waals surface area contributed by atoms with Crippen molar-refractivity contribution in [3.05, 3.63) is 17.0 Å². The van der Waals surface area contributed by atoms with Crippen LogP contribution in [0.4, 0.5) is 5.00 Å². The van der Waals surface area contributed by atoms with Gasteiger partial charge in [0, 0.05) is 12.6 Å². The van der Waals surface area contributed by atoms with Crippen LogP contribution in [0.15, 0.2) is 12.1 Å². The summed E-state index contributed by atoms with van der Waals surface area (Å²) in [7, 11) is 0. The number of hydrogen-bond donors (Lipinski definition) is 0. The minimum Gasteiger partial charge on any atom is -0.360 e. The zero-order valence-corrected chi connectivity index (χ0v) is 9.93. The molecule has 0 spiro atoms. The summed E-state index contributed by atoms with van der Waals surface area (Å²) in [6.45, 7) is 3.40. The smallest absolute Gasteiger partial charge is 0.160 e. The number of carbonyl (C=O) groups is 1. The summed E-state index contributed by atoms with van der Waals surface area (Å²) in [5, 5.41) is 1.27. The normalized spacial score (nSPS) is 21.7. The number of hydrogen-bond acceptors (Lipinski definition) is 3. The second-order valence-electron chi connectivity index (χ2n) is 4.05. The number of piperidine rings is 1. The first-order chi connectivity index (χ1) is 7.35. The van der Waals surface area contributed by atoms with Gasteiger partial charge >= 0.3 is 0 Å². The van der Waals surface area contributed by atoms with E-state index in [-0.39, 0.29) is 0 Å². The molecule has 2 heterocycles. The molecule has 0 aromatic carbocycles. The Balaban J connectivity index is 2.16. The van der Waals surface area contributed by atoms with Crippen molar-refractivity contribution >= 4 is 22.6 Å². The first kappa shape index (κ1) is 10.7. The lowest BCUT2D eigenvalue weighted by molar-refractivity contribution is 0.112. The molecular formula is C12H17NOS. The summed E-state index contributed by atoms with van der Waals surface area (Å²) in [5.41, 5.74) is 0. The average molecular weight is 223 g/mol. The van der Waals surface area contributed by atoms with Gasteiger partial charge in [-0.25, -0.2) is 0 Å². The Hall–Kier alpha value is -0.830. The van der Waals surface area contributed by atoms with Gasteiger partial charge in [0.1, 0.15) is 0 Å². The second-order valence-corrected chi connectivity index (χ2v) is 5.14. The van der Waals surface area contributed by atoms with E-state index in [1.54, 1.807) is 11.3 Å². The summed E-state index contributed by atoms with van der Waals surface area (Å²) >= 11 is 1.62. The van der Waals surface area contributed by atoms with Crippen LogP contribution in [0.5, 0.6) is 0 Å². The van der Waals surface area contributed by atoms with E-state index in [0.29, 0.717) is 6.04 Å². The van der Waals surface area contributed by atoms with Crippen molar-refractivity contribution in [1.29, 1.82) is 0 Å². The van der Waals surface area contributed by atoms with Crippen molar-refractivity contribution in [2.24, 2.45) is 0 Å². The number of anilines is 1. The molecule has 82 valence electrons. The molecule has 0 bridgehead atoms. The van der Waals surface area contributed by atoms with E-state index in [2.05, 4.69) is 17.9 Å². The van der Waals surface area contributed by atoms with Crippen LogP contribution in [-0.2, 0) is 0 Å². The molecule has 1 aliphatic heterocycles.